The largest absolute Gasteiger partial charge is 0.459 e. The first-order chi connectivity index (χ1) is 15.9. The third-order valence-corrected chi connectivity index (χ3v) is 6.37. The SMILES string of the molecule is CCc1nc(-c2ccc(Cl)cc2Cl)c(CC)nc1N[C@@H]1c2ccccc2C[C@@H]1OC(=O)CN. The second-order valence-electron chi connectivity index (χ2n) is 7.90. The molecule has 1 aliphatic carbocycles. The molecule has 1 aromatic heterocycles. The predicted molar refractivity (Wildman–Crippen MR) is 132 cm³/mol. The van der Waals surface area contributed by atoms with Crippen molar-refractivity contribution in [2.75, 3.05) is 11.9 Å². The lowest BCUT2D eigenvalue weighted by Gasteiger charge is -2.24. The fourth-order valence-electron chi connectivity index (χ4n) is 4.21. The number of esters is 1. The highest BCUT2D eigenvalue weighted by Gasteiger charge is 2.35. The number of rotatable bonds is 7. The minimum Gasteiger partial charge on any atom is -0.459 e. The Morgan fingerprint density at radius 2 is 1.88 bits per heavy atom. The summed E-state index contributed by atoms with van der Waals surface area (Å²) in [6.07, 6.45) is 1.58. The van der Waals surface area contributed by atoms with Crippen LogP contribution in [-0.2, 0) is 28.8 Å². The van der Waals surface area contributed by atoms with Crippen LogP contribution in [0.15, 0.2) is 42.5 Å². The number of nitrogens with two attached hydrogens (primary N) is 1. The summed E-state index contributed by atoms with van der Waals surface area (Å²) in [5.41, 5.74) is 10.9. The molecule has 2 atom stereocenters. The first-order valence-corrected chi connectivity index (χ1v) is 11.8. The van der Waals surface area contributed by atoms with Crippen molar-refractivity contribution in [2.24, 2.45) is 5.73 Å². The summed E-state index contributed by atoms with van der Waals surface area (Å²) in [5.74, 6) is 0.252. The van der Waals surface area contributed by atoms with Gasteiger partial charge < -0.3 is 15.8 Å². The highest BCUT2D eigenvalue weighted by atomic mass is 35.5. The molecule has 4 rings (SSSR count). The maximum atomic E-state index is 12.0. The molecule has 0 saturated carbocycles. The lowest BCUT2D eigenvalue weighted by Crippen LogP contribution is -2.31. The van der Waals surface area contributed by atoms with Gasteiger partial charge in [-0.3, -0.25) is 4.79 Å². The zero-order chi connectivity index (χ0) is 23.5. The van der Waals surface area contributed by atoms with E-state index in [4.69, 9.17) is 43.6 Å². The number of carbonyl (C=O) groups is 1. The van der Waals surface area contributed by atoms with E-state index in [1.807, 2.05) is 38.1 Å². The van der Waals surface area contributed by atoms with Gasteiger partial charge in [0.1, 0.15) is 11.9 Å². The van der Waals surface area contributed by atoms with Crippen LogP contribution in [0.5, 0.6) is 0 Å². The average molecular weight is 485 g/mol. The highest BCUT2D eigenvalue weighted by Crippen LogP contribution is 2.37. The van der Waals surface area contributed by atoms with E-state index in [-0.39, 0.29) is 18.7 Å². The number of anilines is 1. The van der Waals surface area contributed by atoms with Crippen molar-refractivity contribution in [3.63, 3.8) is 0 Å². The van der Waals surface area contributed by atoms with Crippen LogP contribution >= 0.6 is 23.2 Å². The molecule has 0 fully saturated rings. The molecular weight excluding hydrogens is 459 g/mol. The number of hydrogen-bond acceptors (Lipinski definition) is 6. The average Bonchev–Trinajstić information content (AvgIpc) is 3.15. The van der Waals surface area contributed by atoms with Crippen LogP contribution < -0.4 is 11.1 Å². The molecule has 0 aliphatic heterocycles. The molecule has 1 aliphatic rings. The van der Waals surface area contributed by atoms with Gasteiger partial charge in [0.15, 0.2) is 0 Å². The minimum absolute atomic E-state index is 0.157. The Bertz CT molecular complexity index is 1190. The predicted octanol–water partition coefficient (Wildman–Crippen LogP) is 5.16. The van der Waals surface area contributed by atoms with Crippen molar-refractivity contribution in [2.45, 2.75) is 45.3 Å². The number of benzene rings is 2. The molecule has 3 aromatic rings. The van der Waals surface area contributed by atoms with Crippen LogP contribution in [-0.4, -0.2) is 28.6 Å². The molecule has 0 saturated heterocycles. The minimum atomic E-state index is -0.427. The molecule has 0 unspecified atom stereocenters. The van der Waals surface area contributed by atoms with Crippen molar-refractivity contribution in [1.82, 2.24) is 9.97 Å². The number of aromatic nitrogens is 2. The Morgan fingerprint density at radius 3 is 2.58 bits per heavy atom. The van der Waals surface area contributed by atoms with Crippen molar-refractivity contribution >= 4 is 35.0 Å². The summed E-state index contributed by atoms with van der Waals surface area (Å²) >= 11 is 12.6. The summed E-state index contributed by atoms with van der Waals surface area (Å²) in [6, 6.07) is 13.2. The standard InChI is InChI=1S/C25H26Cl2N4O2/c1-3-19-23(17-10-9-15(26)12-18(17)27)29-20(4-2)25(30-19)31-24-16-8-6-5-7-14(16)11-21(24)33-22(32)13-28/h5-10,12,21,24H,3-4,11,13,28H2,1-2H3,(H,30,31)/t21-,24+/m0/s1. The van der Waals surface area contributed by atoms with Gasteiger partial charge in [0.2, 0.25) is 0 Å². The van der Waals surface area contributed by atoms with Crippen LogP contribution in [0.3, 0.4) is 0 Å². The van der Waals surface area contributed by atoms with Gasteiger partial charge in [-0.15, -0.1) is 0 Å². The lowest BCUT2D eigenvalue weighted by molar-refractivity contribution is -0.147. The summed E-state index contributed by atoms with van der Waals surface area (Å²) in [4.78, 5) is 21.9. The third-order valence-electron chi connectivity index (χ3n) is 5.82. The first-order valence-electron chi connectivity index (χ1n) is 11.0. The molecule has 0 bridgehead atoms. The summed E-state index contributed by atoms with van der Waals surface area (Å²) in [6.45, 7) is 3.90. The van der Waals surface area contributed by atoms with Gasteiger partial charge in [0, 0.05) is 17.0 Å². The third kappa shape index (κ3) is 4.83. The second kappa shape index (κ2) is 10.1. The van der Waals surface area contributed by atoms with Crippen LogP contribution in [0.2, 0.25) is 10.0 Å². The van der Waals surface area contributed by atoms with E-state index in [0.717, 1.165) is 33.8 Å². The zero-order valence-electron chi connectivity index (χ0n) is 18.6. The fourth-order valence-corrected chi connectivity index (χ4v) is 4.71. The van der Waals surface area contributed by atoms with Gasteiger partial charge in [-0.05, 0) is 42.2 Å². The highest BCUT2D eigenvalue weighted by molar-refractivity contribution is 6.36. The van der Waals surface area contributed by atoms with E-state index < -0.39 is 5.97 Å². The zero-order valence-corrected chi connectivity index (χ0v) is 20.1. The topological polar surface area (TPSA) is 90.1 Å². The van der Waals surface area contributed by atoms with Gasteiger partial charge in [0.25, 0.3) is 0 Å². The van der Waals surface area contributed by atoms with E-state index in [9.17, 15) is 4.79 Å². The van der Waals surface area contributed by atoms with Gasteiger partial charge >= 0.3 is 5.97 Å². The van der Waals surface area contributed by atoms with E-state index in [2.05, 4.69) is 11.4 Å². The molecule has 0 radical (unpaired) electrons. The molecule has 1 heterocycles. The Kier molecular flexibility index (Phi) is 7.17. The summed E-state index contributed by atoms with van der Waals surface area (Å²) in [5, 5.41) is 4.63. The molecule has 2 aromatic carbocycles. The summed E-state index contributed by atoms with van der Waals surface area (Å²) in [7, 11) is 0. The molecule has 0 spiro atoms. The van der Waals surface area contributed by atoms with E-state index in [1.54, 1.807) is 12.1 Å². The smallest absolute Gasteiger partial charge is 0.320 e. The number of hydrogen-bond donors (Lipinski definition) is 2. The van der Waals surface area contributed by atoms with Crippen LogP contribution in [0, 0.1) is 0 Å². The van der Waals surface area contributed by atoms with Gasteiger partial charge in [0.05, 0.1) is 34.7 Å². The maximum Gasteiger partial charge on any atom is 0.320 e. The number of fused-ring (bicyclic) bond motifs is 1. The number of halogens is 2. The molecule has 6 nitrogen and oxygen atoms in total. The van der Waals surface area contributed by atoms with Gasteiger partial charge in [-0.25, -0.2) is 9.97 Å². The van der Waals surface area contributed by atoms with E-state index in [0.29, 0.717) is 35.1 Å². The molecule has 0 amide bonds. The van der Waals surface area contributed by atoms with Gasteiger partial charge in [-0.1, -0.05) is 61.3 Å². The molecule has 3 N–H and O–H groups in total. The Hall–Kier alpha value is -2.67. The van der Waals surface area contributed by atoms with Crippen molar-refractivity contribution in [3.05, 3.63) is 75.0 Å². The number of aryl methyl sites for hydroxylation is 2. The molecule has 33 heavy (non-hydrogen) atoms. The molecular formula is C25H26Cl2N4O2. The van der Waals surface area contributed by atoms with Crippen LogP contribution in [0.4, 0.5) is 5.82 Å². The molecule has 8 heteroatoms. The van der Waals surface area contributed by atoms with E-state index in [1.165, 1.54) is 0 Å². The number of nitrogens with one attached hydrogen (secondary N) is 1. The number of carbonyl (C=O) groups excluding carboxylic acids is 1. The van der Waals surface area contributed by atoms with Crippen molar-refractivity contribution in [1.29, 1.82) is 0 Å². The monoisotopic (exact) mass is 484 g/mol. The normalized spacial score (nSPS) is 17.0. The van der Waals surface area contributed by atoms with E-state index >= 15 is 0 Å². The Balaban J connectivity index is 1.74. The maximum absolute atomic E-state index is 12.0. The first kappa shape index (κ1) is 23.5. The number of nitrogens with zero attached hydrogens (tertiary/aromatic N) is 2. The van der Waals surface area contributed by atoms with Gasteiger partial charge in [-0.2, -0.15) is 0 Å². The summed E-state index contributed by atoms with van der Waals surface area (Å²) < 4.78 is 5.67. The lowest BCUT2D eigenvalue weighted by atomic mass is 10.1. The Labute approximate surface area is 203 Å². The number of ether oxygens (including phenoxy) is 1. The Morgan fingerprint density at radius 1 is 1.12 bits per heavy atom. The van der Waals surface area contributed by atoms with Crippen LogP contribution in [0.25, 0.3) is 11.3 Å². The van der Waals surface area contributed by atoms with Crippen LogP contribution in [0.1, 0.15) is 42.4 Å². The quantitative estimate of drug-likeness (QED) is 0.450. The van der Waals surface area contributed by atoms with Crippen molar-refractivity contribution < 1.29 is 9.53 Å². The second-order valence-corrected chi connectivity index (χ2v) is 8.75. The fraction of sp³-hybridized carbons (Fsp3) is 0.320. The van der Waals surface area contributed by atoms with Crippen molar-refractivity contribution in [3.8, 4) is 11.3 Å². The molecule has 172 valence electrons.